The number of ether oxygens (including phenoxy) is 1. The third-order valence-electron chi connectivity index (χ3n) is 4.10. The van der Waals surface area contributed by atoms with Crippen molar-refractivity contribution in [3.63, 3.8) is 0 Å². The Bertz CT molecular complexity index is 472. The van der Waals surface area contributed by atoms with Crippen LogP contribution in [-0.4, -0.2) is 31.1 Å². The molecule has 0 saturated heterocycles. The Morgan fingerprint density at radius 1 is 1.10 bits per heavy atom. The van der Waals surface area contributed by atoms with Crippen LogP contribution in [0.15, 0.2) is 24.3 Å². The van der Waals surface area contributed by atoms with Gasteiger partial charge in [0.2, 0.25) is 0 Å². The minimum absolute atomic E-state index is 0.628. The van der Waals surface area contributed by atoms with Crippen molar-refractivity contribution in [1.29, 1.82) is 5.26 Å². The quantitative estimate of drug-likeness (QED) is 0.728. The molecule has 0 radical (unpaired) electrons. The molecule has 2 fully saturated rings. The van der Waals surface area contributed by atoms with Crippen molar-refractivity contribution in [3.8, 4) is 11.8 Å². The second-order valence-corrected chi connectivity index (χ2v) is 6.10. The monoisotopic (exact) mass is 270 g/mol. The summed E-state index contributed by atoms with van der Waals surface area (Å²) in [4.78, 5) is 2.56. The smallest absolute Gasteiger partial charge is 0.137 e. The van der Waals surface area contributed by atoms with Crippen LogP contribution in [0.1, 0.15) is 31.2 Å². The van der Waals surface area contributed by atoms with E-state index in [2.05, 4.69) is 11.0 Å². The van der Waals surface area contributed by atoms with Crippen LogP contribution in [0.3, 0.4) is 0 Å². The second kappa shape index (κ2) is 6.28. The Labute approximate surface area is 121 Å². The number of hydrogen-bond acceptors (Lipinski definition) is 3. The van der Waals surface area contributed by atoms with Crippen LogP contribution in [0, 0.1) is 23.2 Å². The number of para-hydroxylation sites is 1. The first-order valence-corrected chi connectivity index (χ1v) is 7.69. The van der Waals surface area contributed by atoms with Gasteiger partial charge in [-0.25, -0.2) is 0 Å². The molecule has 1 aromatic carbocycles. The highest BCUT2D eigenvalue weighted by Gasteiger charge is 2.28. The van der Waals surface area contributed by atoms with E-state index < -0.39 is 0 Å². The summed E-state index contributed by atoms with van der Waals surface area (Å²) < 4.78 is 5.80. The van der Waals surface area contributed by atoms with Crippen LogP contribution in [0.5, 0.6) is 5.75 Å². The van der Waals surface area contributed by atoms with Crippen LogP contribution < -0.4 is 4.74 Å². The van der Waals surface area contributed by atoms with Crippen molar-refractivity contribution in [2.75, 3.05) is 26.2 Å². The molecule has 0 amide bonds. The highest BCUT2D eigenvalue weighted by Crippen LogP contribution is 2.33. The fourth-order valence-corrected chi connectivity index (χ4v) is 2.56. The molecule has 0 N–H and O–H groups in total. The van der Waals surface area contributed by atoms with Gasteiger partial charge in [-0.3, -0.25) is 4.90 Å². The largest absolute Gasteiger partial charge is 0.491 e. The Morgan fingerprint density at radius 3 is 2.35 bits per heavy atom. The summed E-state index contributed by atoms with van der Waals surface area (Å²) in [5.41, 5.74) is 0.628. The average Bonchev–Trinajstić information content (AvgIpc) is 3.35. The molecule has 2 aliphatic rings. The molecule has 0 aromatic heterocycles. The van der Waals surface area contributed by atoms with Gasteiger partial charge in [0.05, 0.1) is 5.56 Å². The van der Waals surface area contributed by atoms with Gasteiger partial charge in [-0.1, -0.05) is 12.1 Å². The third-order valence-corrected chi connectivity index (χ3v) is 4.10. The van der Waals surface area contributed by atoms with Crippen LogP contribution in [0.4, 0.5) is 0 Å². The highest BCUT2D eigenvalue weighted by molar-refractivity contribution is 5.42. The summed E-state index contributed by atoms with van der Waals surface area (Å²) in [6, 6.07) is 9.66. The molecular weight excluding hydrogens is 248 g/mol. The predicted octanol–water partition coefficient (Wildman–Crippen LogP) is 3.06. The van der Waals surface area contributed by atoms with Gasteiger partial charge in [-0.15, -0.1) is 0 Å². The Balaban J connectivity index is 1.47. The lowest BCUT2D eigenvalue weighted by Gasteiger charge is -2.22. The van der Waals surface area contributed by atoms with Gasteiger partial charge >= 0.3 is 0 Å². The summed E-state index contributed by atoms with van der Waals surface area (Å²) >= 11 is 0. The van der Waals surface area contributed by atoms with E-state index in [0.717, 1.165) is 18.4 Å². The summed E-state index contributed by atoms with van der Waals surface area (Å²) in [6.07, 6.45) is 5.61. The average molecular weight is 270 g/mol. The number of rotatable bonds is 8. The van der Waals surface area contributed by atoms with Gasteiger partial charge in [0.15, 0.2) is 0 Å². The van der Waals surface area contributed by atoms with E-state index in [1.54, 1.807) is 0 Å². The number of nitriles is 1. The van der Waals surface area contributed by atoms with E-state index in [1.165, 1.54) is 38.8 Å². The molecule has 0 atom stereocenters. The molecule has 3 nitrogen and oxygen atoms in total. The van der Waals surface area contributed by atoms with Crippen molar-refractivity contribution in [2.45, 2.75) is 25.7 Å². The second-order valence-electron chi connectivity index (χ2n) is 6.10. The van der Waals surface area contributed by atoms with Gasteiger partial charge in [0, 0.05) is 19.6 Å². The topological polar surface area (TPSA) is 36.3 Å². The van der Waals surface area contributed by atoms with Crippen molar-refractivity contribution in [3.05, 3.63) is 29.8 Å². The highest BCUT2D eigenvalue weighted by atomic mass is 16.5. The summed E-state index contributed by atoms with van der Waals surface area (Å²) in [6.45, 7) is 4.13. The standard InChI is InChI=1S/C17H22N2O/c18-11-16-3-1-2-4-17(16)20-10-9-19(12-14-5-6-14)13-15-7-8-15/h1-4,14-15H,5-10,12-13H2. The number of nitrogens with zero attached hydrogens (tertiary/aromatic N) is 2. The van der Waals surface area contributed by atoms with Gasteiger partial charge in [-0.05, 0) is 49.7 Å². The van der Waals surface area contributed by atoms with E-state index in [1.807, 2.05) is 24.3 Å². The Morgan fingerprint density at radius 2 is 1.75 bits per heavy atom. The van der Waals surface area contributed by atoms with Gasteiger partial charge in [0.25, 0.3) is 0 Å². The van der Waals surface area contributed by atoms with Crippen molar-refractivity contribution >= 4 is 0 Å². The molecule has 20 heavy (non-hydrogen) atoms. The van der Waals surface area contributed by atoms with Crippen LogP contribution in [0.25, 0.3) is 0 Å². The molecule has 2 aliphatic carbocycles. The fraction of sp³-hybridized carbons (Fsp3) is 0.588. The summed E-state index contributed by atoms with van der Waals surface area (Å²) in [5, 5.41) is 9.04. The maximum absolute atomic E-state index is 9.04. The van der Waals surface area contributed by atoms with Gasteiger partial charge < -0.3 is 4.74 Å². The maximum atomic E-state index is 9.04. The summed E-state index contributed by atoms with van der Waals surface area (Å²) in [5.74, 6) is 2.58. The van der Waals surface area contributed by atoms with Crippen molar-refractivity contribution < 1.29 is 4.74 Å². The lowest BCUT2D eigenvalue weighted by molar-refractivity contribution is 0.196. The number of hydrogen-bond donors (Lipinski definition) is 0. The van der Waals surface area contributed by atoms with Crippen LogP contribution in [-0.2, 0) is 0 Å². The molecule has 1 aromatic rings. The van der Waals surface area contributed by atoms with Gasteiger partial charge in [0.1, 0.15) is 18.4 Å². The summed E-state index contributed by atoms with van der Waals surface area (Å²) in [7, 11) is 0. The van der Waals surface area contributed by atoms with E-state index in [0.29, 0.717) is 17.9 Å². The maximum Gasteiger partial charge on any atom is 0.137 e. The van der Waals surface area contributed by atoms with Crippen molar-refractivity contribution in [1.82, 2.24) is 4.90 Å². The molecule has 3 heteroatoms. The minimum atomic E-state index is 0.628. The first-order chi connectivity index (χ1) is 9.85. The fourth-order valence-electron chi connectivity index (χ4n) is 2.56. The van der Waals surface area contributed by atoms with Crippen molar-refractivity contribution in [2.24, 2.45) is 11.8 Å². The molecule has 0 heterocycles. The molecule has 3 rings (SSSR count). The van der Waals surface area contributed by atoms with Gasteiger partial charge in [-0.2, -0.15) is 5.26 Å². The zero-order valence-corrected chi connectivity index (χ0v) is 11.9. The molecular formula is C17H22N2O. The van der Waals surface area contributed by atoms with E-state index in [-0.39, 0.29) is 0 Å². The minimum Gasteiger partial charge on any atom is -0.491 e. The SMILES string of the molecule is N#Cc1ccccc1OCCN(CC1CC1)CC1CC1. The molecule has 0 aliphatic heterocycles. The molecule has 0 unspecified atom stereocenters. The zero-order valence-electron chi connectivity index (χ0n) is 11.9. The van der Waals surface area contributed by atoms with E-state index in [4.69, 9.17) is 10.00 Å². The van der Waals surface area contributed by atoms with Crippen LogP contribution in [0.2, 0.25) is 0 Å². The molecule has 2 saturated carbocycles. The predicted molar refractivity (Wildman–Crippen MR) is 78.5 cm³/mol. The molecule has 106 valence electrons. The molecule has 0 spiro atoms. The zero-order chi connectivity index (χ0) is 13.8. The lowest BCUT2D eigenvalue weighted by atomic mass is 10.2. The Kier molecular flexibility index (Phi) is 4.22. The normalized spacial score (nSPS) is 18.0. The first-order valence-electron chi connectivity index (χ1n) is 7.69. The van der Waals surface area contributed by atoms with E-state index >= 15 is 0 Å². The molecule has 0 bridgehead atoms. The Hall–Kier alpha value is -1.53. The van der Waals surface area contributed by atoms with Crippen LogP contribution >= 0.6 is 0 Å². The lowest BCUT2D eigenvalue weighted by Crippen LogP contribution is -2.32. The van der Waals surface area contributed by atoms with E-state index in [9.17, 15) is 0 Å². The number of benzene rings is 1. The first kappa shape index (κ1) is 13.5. The third kappa shape index (κ3) is 3.98.